The smallest absolute Gasteiger partial charge is 0.387 e. The zero-order valence-electron chi connectivity index (χ0n) is 15.1. The van der Waals surface area contributed by atoms with Gasteiger partial charge >= 0.3 is 7.82 Å². The monoisotopic (exact) mass is 432 g/mol. The minimum atomic E-state index is -4.44. The quantitative estimate of drug-likeness (QED) is 0.383. The van der Waals surface area contributed by atoms with Crippen molar-refractivity contribution in [3.8, 4) is 0 Å². The summed E-state index contributed by atoms with van der Waals surface area (Å²) >= 11 is 0. The highest BCUT2D eigenvalue weighted by Crippen LogP contribution is 2.45. The van der Waals surface area contributed by atoms with E-state index in [0.29, 0.717) is 37.5 Å². The summed E-state index contributed by atoms with van der Waals surface area (Å²) in [5.74, 6) is 0.156. The van der Waals surface area contributed by atoms with Gasteiger partial charge < -0.3 is 30.3 Å². The zero-order valence-corrected chi connectivity index (χ0v) is 16.0. The molecule has 160 valence electrons. The van der Waals surface area contributed by atoms with E-state index in [1.165, 1.54) is 22.3 Å². The maximum Gasteiger partial charge on any atom is 0.489 e. The molecule has 4 rings (SSSR count). The van der Waals surface area contributed by atoms with Gasteiger partial charge in [0.1, 0.15) is 30.2 Å². The average molecular weight is 432 g/mol. The van der Waals surface area contributed by atoms with Crippen LogP contribution in [0.2, 0.25) is 0 Å². The number of nitrogen functional groups attached to an aromatic ring is 1. The normalized spacial score (nSPS) is 30.6. The molecule has 4 heterocycles. The minimum absolute atomic E-state index is 0.156. The van der Waals surface area contributed by atoms with Gasteiger partial charge in [0.15, 0.2) is 17.7 Å². The second-order valence-electron chi connectivity index (χ2n) is 6.52. The van der Waals surface area contributed by atoms with Crippen molar-refractivity contribution in [1.29, 1.82) is 0 Å². The average Bonchev–Trinajstić information content (AvgIpc) is 3.24. The number of phosphoric acid groups is 1. The predicted molar refractivity (Wildman–Crippen MR) is 94.9 cm³/mol. The molecule has 5 N–H and O–H groups in total. The lowest BCUT2D eigenvalue weighted by molar-refractivity contribution is -0.138. The topological polar surface area (TPSA) is 188 Å². The molecule has 1 unspecified atom stereocenters. The molecule has 14 nitrogen and oxygen atoms in total. The first-order valence-electron chi connectivity index (χ1n) is 8.80. The lowest BCUT2D eigenvalue weighted by Crippen LogP contribution is -2.36. The molecule has 2 aliphatic rings. The zero-order chi connectivity index (χ0) is 20.6. The van der Waals surface area contributed by atoms with E-state index in [4.69, 9.17) is 24.4 Å². The summed E-state index contributed by atoms with van der Waals surface area (Å²) < 4.78 is 34.2. The molecule has 5 atom stereocenters. The van der Waals surface area contributed by atoms with E-state index < -0.39 is 39.0 Å². The van der Waals surface area contributed by atoms with Gasteiger partial charge in [-0.3, -0.25) is 9.09 Å². The number of phosphoric ester groups is 1. The molecule has 2 saturated heterocycles. The van der Waals surface area contributed by atoms with E-state index in [9.17, 15) is 19.7 Å². The number of aromatic nitrogens is 4. The van der Waals surface area contributed by atoms with E-state index in [2.05, 4.69) is 15.0 Å². The van der Waals surface area contributed by atoms with Crippen molar-refractivity contribution in [3.05, 3.63) is 12.7 Å². The lowest BCUT2D eigenvalue weighted by atomic mass is 10.1. The van der Waals surface area contributed by atoms with Crippen LogP contribution in [-0.2, 0) is 23.2 Å². The summed E-state index contributed by atoms with van der Waals surface area (Å²) in [7, 11) is -4.44. The third-order valence-electron chi connectivity index (χ3n) is 4.59. The number of hydroxylamine groups is 2. The SMILES string of the molecule is Nc1ncnc2c1ncn2[C@@H]1O[C@H](COP(=O)(O)ON2CCOCC2)[C@@H](O)[C@H]1O. The molecule has 0 amide bonds. The molecule has 2 aliphatic heterocycles. The summed E-state index contributed by atoms with van der Waals surface area (Å²) in [5.41, 5.74) is 6.37. The van der Waals surface area contributed by atoms with Crippen LogP contribution < -0.4 is 5.73 Å². The van der Waals surface area contributed by atoms with Gasteiger partial charge in [-0.05, 0) is 0 Å². The number of aliphatic hydroxyl groups excluding tert-OH is 2. The first kappa shape index (κ1) is 20.5. The number of anilines is 1. The van der Waals surface area contributed by atoms with Gasteiger partial charge in [-0.1, -0.05) is 0 Å². The van der Waals surface area contributed by atoms with E-state index in [-0.39, 0.29) is 5.82 Å². The third kappa shape index (κ3) is 4.26. The Morgan fingerprint density at radius 3 is 2.76 bits per heavy atom. The molecular weight excluding hydrogens is 411 g/mol. The molecule has 29 heavy (non-hydrogen) atoms. The number of rotatable bonds is 6. The number of hydrogen-bond acceptors (Lipinski definition) is 12. The van der Waals surface area contributed by atoms with Gasteiger partial charge in [0.05, 0.1) is 26.1 Å². The molecule has 2 aromatic rings. The van der Waals surface area contributed by atoms with Crippen molar-refractivity contribution in [1.82, 2.24) is 24.6 Å². The number of nitrogens with two attached hydrogens (primary N) is 1. The van der Waals surface area contributed by atoms with Gasteiger partial charge in [-0.25, -0.2) is 19.5 Å². The molecule has 0 aliphatic carbocycles. The number of ether oxygens (including phenoxy) is 2. The molecular formula is C14H21N6O8P. The Morgan fingerprint density at radius 2 is 2.00 bits per heavy atom. The highest BCUT2D eigenvalue weighted by Gasteiger charge is 2.45. The van der Waals surface area contributed by atoms with Crippen LogP contribution in [0.4, 0.5) is 5.82 Å². The maximum atomic E-state index is 12.1. The highest BCUT2D eigenvalue weighted by atomic mass is 31.2. The Morgan fingerprint density at radius 1 is 1.24 bits per heavy atom. The van der Waals surface area contributed by atoms with Crippen LogP contribution in [0, 0.1) is 0 Å². The Balaban J connectivity index is 1.42. The Hall–Kier alpha value is -1.74. The van der Waals surface area contributed by atoms with Gasteiger partial charge in [0.2, 0.25) is 0 Å². The summed E-state index contributed by atoms with van der Waals surface area (Å²) in [6, 6.07) is 0. The van der Waals surface area contributed by atoms with Gasteiger partial charge in [-0.15, -0.1) is 0 Å². The number of morpholine rings is 1. The standard InChI is InChI=1S/C14H21N6O8P/c15-12-9-13(17-6-16-12)20(7-18-9)14-11(22)10(21)8(27-14)5-26-29(23,24)28-19-1-3-25-4-2-19/h6-8,10-11,14,21-22H,1-5H2,(H,23,24)(H2,15,16,17)/t8-,10-,11-,14-/m1/s1. The molecule has 0 bridgehead atoms. The van der Waals surface area contributed by atoms with Crippen molar-refractivity contribution in [2.24, 2.45) is 0 Å². The number of aliphatic hydroxyl groups is 2. The van der Waals surface area contributed by atoms with E-state index in [1.54, 1.807) is 0 Å². The van der Waals surface area contributed by atoms with E-state index in [1.807, 2.05) is 0 Å². The largest absolute Gasteiger partial charge is 0.489 e. The number of imidazole rings is 1. The number of hydrogen-bond donors (Lipinski definition) is 4. The minimum Gasteiger partial charge on any atom is -0.387 e. The molecule has 2 fully saturated rings. The fourth-order valence-electron chi connectivity index (χ4n) is 3.12. The van der Waals surface area contributed by atoms with Crippen LogP contribution in [0.15, 0.2) is 12.7 Å². The van der Waals surface area contributed by atoms with Crippen molar-refractivity contribution in [2.75, 3.05) is 38.6 Å². The summed E-state index contributed by atoms with van der Waals surface area (Å²) in [5, 5.41) is 21.9. The van der Waals surface area contributed by atoms with Crippen molar-refractivity contribution >= 4 is 24.8 Å². The van der Waals surface area contributed by atoms with Crippen molar-refractivity contribution in [2.45, 2.75) is 24.5 Å². The van der Waals surface area contributed by atoms with Crippen molar-refractivity contribution in [3.63, 3.8) is 0 Å². The second kappa shape index (κ2) is 8.18. The maximum absolute atomic E-state index is 12.1. The van der Waals surface area contributed by atoms with Gasteiger partial charge in [0.25, 0.3) is 0 Å². The van der Waals surface area contributed by atoms with Crippen LogP contribution in [0.3, 0.4) is 0 Å². The molecule has 0 aromatic carbocycles. The van der Waals surface area contributed by atoms with Crippen LogP contribution in [0.5, 0.6) is 0 Å². The first-order chi connectivity index (χ1) is 13.9. The van der Waals surface area contributed by atoms with Gasteiger partial charge in [0, 0.05) is 13.1 Å². The second-order valence-corrected chi connectivity index (χ2v) is 7.88. The molecule has 0 saturated carbocycles. The first-order valence-corrected chi connectivity index (χ1v) is 10.3. The number of fused-ring (bicyclic) bond motifs is 1. The molecule has 0 radical (unpaired) electrons. The molecule has 0 spiro atoms. The van der Waals surface area contributed by atoms with E-state index >= 15 is 0 Å². The summed E-state index contributed by atoms with van der Waals surface area (Å²) in [6.45, 7) is 0.874. The van der Waals surface area contributed by atoms with E-state index in [0.717, 1.165) is 0 Å². The predicted octanol–water partition coefficient (Wildman–Crippen LogP) is -1.59. The van der Waals surface area contributed by atoms with Gasteiger partial charge in [-0.2, -0.15) is 9.69 Å². The van der Waals surface area contributed by atoms with Crippen LogP contribution in [0.1, 0.15) is 6.23 Å². The van der Waals surface area contributed by atoms with Crippen molar-refractivity contribution < 1.29 is 38.3 Å². The Bertz CT molecular complexity index is 907. The molecule has 15 heteroatoms. The third-order valence-corrected chi connectivity index (χ3v) is 5.50. The highest BCUT2D eigenvalue weighted by molar-refractivity contribution is 7.47. The van der Waals surface area contributed by atoms with Crippen LogP contribution in [-0.4, -0.2) is 90.9 Å². The Kier molecular flexibility index (Phi) is 5.79. The summed E-state index contributed by atoms with van der Waals surface area (Å²) in [4.78, 5) is 21.9. The number of nitrogens with zero attached hydrogens (tertiary/aromatic N) is 5. The fourth-order valence-corrected chi connectivity index (χ4v) is 3.96. The van der Waals surface area contributed by atoms with Crippen LogP contribution in [0.25, 0.3) is 11.2 Å². The fraction of sp³-hybridized carbons (Fsp3) is 0.643. The lowest BCUT2D eigenvalue weighted by Gasteiger charge is -2.27. The molecule has 2 aromatic heterocycles. The van der Waals surface area contributed by atoms with Crippen LogP contribution >= 0.6 is 7.82 Å². The Labute approximate surface area is 164 Å². The summed E-state index contributed by atoms with van der Waals surface area (Å²) in [6.07, 6.45) is -2.33.